The van der Waals surface area contributed by atoms with E-state index >= 15 is 0 Å². The van der Waals surface area contributed by atoms with E-state index in [4.69, 9.17) is 10.5 Å². The largest absolute Gasteiger partial charge is 0.383 e. The van der Waals surface area contributed by atoms with Crippen LogP contribution in [0.15, 0.2) is 12.1 Å². The third-order valence-electron chi connectivity index (χ3n) is 3.22. The fraction of sp³-hybridized carbons (Fsp3) is 0.545. The summed E-state index contributed by atoms with van der Waals surface area (Å²) in [7, 11) is 1.85. The Kier molecular flexibility index (Phi) is 3.33. The van der Waals surface area contributed by atoms with E-state index < -0.39 is 4.92 Å². The van der Waals surface area contributed by atoms with Crippen LogP contribution in [0, 0.1) is 10.1 Å². The van der Waals surface area contributed by atoms with Crippen LogP contribution in [-0.4, -0.2) is 35.7 Å². The summed E-state index contributed by atoms with van der Waals surface area (Å²) in [5.74, 6) is 0.654. The zero-order valence-corrected chi connectivity index (χ0v) is 10.4. The van der Waals surface area contributed by atoms with Crippen molar-refractivity contribution in [3.63, 3.8) is 0 Å². The second kappa shape index (κ2) is 4.77. The first-order valence-electron chi connectivity index (χ1n) is 5.75. The zero-order valence-electron chi connectivity index (χ0n) is 10.4. The Bertz CT molecular complexity index is 466. The smallest absolute Gasteiger partial charge is 0.276 e. The first-order valence-corrected chi connectivity index (χ1v) is 5.75. The highest BCUT2D eigenvalue weighted by Crippen LogP contribution is 2.26. The molecule has 1 aliphatic rings. The standard InChI is InChI=1S/C11H16N4O3/c1-7-9(3-4-18-7)14(2)11-6-8(15(16)17)5-10(12)13-11/h5-7,9H,3-4H2,1-2H3,(H2,12,13). The number of nitrogens with two attached hydrogens (primary N) is 1. The fourth-order valence-corrected chi connectivity index (χ4v) is 2.21. The number of aromatic nitrogens is 1. The Morgan fingerprint density at radius 1 is 1.61 bits per heavy atom. The van der Waals surface area contributed by atoms with Crippen molar-refractivity contribution in [2.75, 3.05) is 24.3 Å². The molecule has 18 heavy (non-hydrogen) atoms. The summed E-state index contributed by atoms with van der Waals surface area (Å²) in [6, 6.07) is 2.85. The van der Waals surface area contributed by atoms with Gasteiger partial charge < -0.3 is 15.4 Å². The summed E-state index contributed by atoms with van der Waals surface area (Å²) in [5, 5.41) is 10.8. The van der Waals surface area contributed by atoms with Crippen molar-refractivity contribution in [3.05, 3.63) is 22.2 Å². The molecule has 0 saturated carbocycles. The van der Waals surface area contributed by atoms with Crippen molar-refractivity contribution in [2.24, 2.45) is 0 Å². The topological polar surface area (TPSA) is 94.5 Å². The van der Waals surface area contributed by atoms with Gasteiger partial charge in [-0.1, -0.05) is 0 Å². The Labute approximate surface area is 105 Å². The molecule has 1 aromatic heterocycles. The van der Waals surface area contributed by atoms with Crippen LogP contribution in [0.25, 0.3) is 0 Å². The molecule has 2 unspecified atom stereocenters. The van der Waals surface area contributed by atoms with Gasteiger partial charge in [-0.05, 0) is 13.3 Å². The lowest BCUT2D eigenvalue weighted by molar-refractivity contribution is -0.384. The molecular formula is C11H16N4O3. The molecule has 0 amide bonds. The van der Waals surface area contributed by atoms with Crippen molar-refractivity contribution >= 4 is 17.3 Å². The van der Waals surface area contributed by atoms with E-state index in [1.54, 1.807) is 0 Å². The predicted molar refractivity (Wildman–Crippen MR) is 67.5 cm³/mol. The van der Waals surface area contributed by atoms with Gasteiger partial charge in [-0.25, -0.2) is 4.98 Å². The molecule has 2 N–H and O–H groups in total. The molecule has 0 aromatic carbocycles. The summed E-state index contributed by atoms with van der Waals surface area (Å²) in [6.07, 6.45) is 0.958. The minimum atomic E-state index is -0.468. The summed E-state index contributed by atoms with van der Waals surface area (Å²) in [6.45, 7) is 2.68. The monoisotopic (exact) mass is 252 g/mol. The average molecular weight is 252 g/mol. The highest BCUT2D eigenvalue weighted by Gasteiger charge is 2.29. The molecule has 0 aliphatic carbocycles. The van der Waals surface area contributed by atoms with Crippen LogP contribution >= 0.6 is 0 Å². The highest BCUT2D eigenvalue weighted by molar-refractivity contribution is 5.54. The molecule has 1 aliphatic heterocycles. The lowest BCUT2D eigenvalue weighted by atomic mass is 10.1. The van der Waals surface area contributed by atoms with Gasteiger partial charge in [0.15, 0.2) is 0 Å². The maximum Gasteiger partial charge on any atom is 0.276 e. The van der Waals surface area contributed by atoms with E-state index in [2.05, 4.69) is 4.98 Å². The summed E-state index contributed by atoms with van der Waals surface area (Å²) in [5.41, 5.74) is 5.55. The number of ether oxygens (including phenoxy) is 1. The summed E-state index contributed by atoms with van der Waals surface area (Å²) < 4.78 is 5.48. The SMILES string of the molecule is CC1OCCC1N(C)c1cc([N+](=O)[O-])cc(N)n1. The van der Waals surface area contributed by atoms with Gasteiger partial charge in [0.2, 0.25) is 0 Å². The first kappa shape index (κ1) is 12.6. The van der Waals surface area contributed by atoms with Crippen LogP contribution in [0.4, 0.5) is 17.3 Å². The van der Waals surface area contributed by atoms with Crippen LogP contribution in [0.1, 0.15) is 13.3 Å². The van der Waals surface area contributed by atoms with Gasteiger partial charge in [0.1, 0.15) is 11.6 Å². The van der Waals surface area contributed by atoms with E-state index in [0.717, 1.165) is 6.42 Å². The molecule has 2 heterocycles. The number of nitro groups is 1. The molecule has 7 nitrogen and oxygen atoms in total. The molecule has 2 atom stereocenters. The Balaban J connectivity index is 2.29. The number of likely N-dealkylation sites (N-methyl/N-ethyl adjacent to an activating group) is 1. The van der Waals surface area contributed by atoms with E-state index in [9.17, 15) is 10.1 Å². The molecule has 2 rings (SSSR count). The number of hydrogen-bond donors (Lipinski definition) is 1. The molecule has 1 saturated heterocycles. The molecule has 0 bridgehead atoms. The second-order valence-electron chi connectivity index (χ2n) is 4.41. The third kappa shape index (κ3) is 2.35. The Hall–Kier alpha value is -1.89. The normalized spacial score (nSPS) is 23.0. The second-order valence-corrected chi connectivity index (χ2v) is 4.41. The van der Waals surface area contributed by atoms with Crippen molar-refractivity contribution < 1.29 is 9.66 Å². The number of pyridine rings is 1. The van der Waals surface area contributed by atoms with Crippen molar-refractivity contribution in [2.45, 2.75) is 25.5 Å². The van der Waals surface area contributed by atoms with Gasteiger partial charge in [0.25, 0.3) is 5.69 Å². The van der Waals surface area contributed by atoms with Crippen LogP contribution in [0.5, 0.6) is 0 Å². The lowest BCUT2D eigenvalue weighted by Gasteiger charge is -2.27. The molecule has 1 fully saturated rings. The zero-order chi connectivity index (χ0) is 13.3. The van der Waals surface area contributed by atoms with Crippen molar-refractivity contribution in [3.8, 4) is 0 Å². The third-order valence-corrected chi connectivity index (χ3v) is 3.22. The number of anilines is 2. The molecule has 98 valence electrons. The van der Waals surface area contributed by atoms with Gasteiger partial charge in [0, 0.05) is 13.7 Å². The molecule has 0 spiro atoms. The fourth-order valence-electron chi connectivity index (χ4n) is 2.21. The van der Waals surface area contributed by atoms with Crippen molar-refractivity contribution in [1.82, 2.24) is 4.98 Å². The maximum absolute atomic E-state index is 10.8. The van der Waals surface area contributed by atoms with Gasteiger partial charge >= 0.3 is 0 Å². The summed E-state index contributed by atoms with van der Waals surface area (Å²) >= 11 is 0. The molecule has 0 radical (unpaired) electrons. The van der Waals surface area contributed by atoms with Crippen LogP contribution in [0.3, 0.4) is 0 Å². The van der Waals surface area contributed by atoms with Crippen LogP contribution in [-0.2, 0) is 4.74 Å². The average Bonchev–Trinajstić information content (AvgIpc) is 2.73. The number of nitrogen functional groups attached to an aromatic ring is 1. The summed E-state index contributed by atoms with van der Waals surface area (Å²) in [4.78, 5) is 16.4. The van der Waals surface area contributed by atoms with E-state index in [1.807, 2.05) is 18.9 Å². The predicted octanol–water partition coefficient (Wildman–Crippen LogP) is 1.19. The van der Waals surface area contributed by atoms with E-state index in [0.29, 0.717) is 12.4 Å². The van der Waals surface area contributed by atoms with Gasteiger partial charge in [-0.3, -0.25) is 10.1 Å². The van der Waals surface area contributed by atoms with Crippen molar-refractivity contribution in [1.29, 1.82) is 0 Å². The minimum absolute atomic E-state index is 0.0454. The molecule has 7 heteroatoms. The highest BCUT2D eigenvalue weighted by atomic mass is 16.6. The van der Waals surface area contributed by atoms with E-state index in [-0.39, 0.29) is 23.7 Å². The quantitative estimate of drug-likeness (QED) is 0.641. The maximum atomic E-state index is 10.8. The molecule has 1 aromatic rings. The van der Waals surface area contributed by atoms with Gasteiger partial charge in [-0.2, -0.15) is 0 Å². The van der Waals surface area contributed by atoms with Gasteiger partial charge in [-0.15, -0.1) is 0 Å². The minimum Gasteiger partial charge on any atom is -0.383 e. The Morgan fingerprint density at radius 2 is 2.33 bits per heavy atom. The lowest BCUT2D eigenvalue weighted by Crippen LogP contribution is -2.37. The Morgan fingerprint density at radius 3 is 2.89 bits per heavy atom. The van der Waals surface area contributed by atoms with E-state index in [1.165, 1.54) is 12.1 Å². The first-order chi connectivity index (χ1) is 8.49. The number of rotatable bonds is 3. The van der Waals surface area contributed by atoms with Crippen LogP contribution in [0.2, 0.25) is 0 Å². The number of nitrogens with zero attached hydrogens (tertiary/aromatic N) is 3. The van der Waals surface area contributed by atoms with Gasteiger partial charge in [0.05, 0.1) is 29.2 Å². The molecular weight excluding hydrogens is 236 g/mol. The number of hydrogen-bond acceptors (Lipinski definition) is 6. The van der Waals surface area contributed by atoms with Crippen LogP contribution < -0.4 is 10.6 Å².